The second-order valence-corrected chi connectivity index (χ2v) is 6.98. The van der Waals surface area contributed by atoms with Crippen LogP contribution in [0.4, 0.5) is 0 Å². The maximum Gasteiger partial charge on any atom is 0.209 e. The van der Waals surface area contributed by atoms with E-state index in [1.165, 1.54) is 11.1 Å². The SMILES string of the molecule is COc1ccc(Cn2nnc(-c3cnn(-c4ccc(C)c(C)c4)c3S)n2)cc1. The Morgan fingerprint density at radius 3 is 2.54 bits per heavy atom. The molecule has 0 amide bonds. The highest BCUT2D eigenvalue weighted by Crippen LogP contribution is 2.26. The molecular weight excluding hydrogens is 372 g/mol. The number of nitrogens with zero attached hydrogens (tertiary/aromatic N) is 6. The summed E-state index contributed by atoms with van der Waals surface area (Å²) in [6.45, 7) is 4.68. The maximum absolute atomic E-state index is 5.18. The Morgan fingerprint density at radius 2 is 1.82 bits per heavy atom. The Balaban J connectivity index is 1.58. The molecular formula is C20H20N6OS. The largest absolute Gasteiger partial charge is 0.497 e. The first kappa shape index (κ1) is 18.2. The zero-order valence-electron chi connectivity index (χ0n) is 15.9. The highest BCUT2D eigenvalue weighted by atomic mass is 32.1. The van der Waals surface area contributed by atoms with Gasteiger partial charge in [-0.1, -0.05) is 18.2 Å². The highest BCUT2D eigenvalue weighted by Gasteiger charge is 2.16. The van der Waals surface area contributed by atoms with Gasteiger partial charge in [-0.3, -0.25) is 0 Å². The number of benzene rings is 2. The number of tetrazole rings is 1. The predicted molar refractivity (Wildman–Crippen MR) is 109 cm³/mol. The second-order valence-electron chi connectivity index (χ2n) is 6.55. The molecule has 0 atom stereocenters. The predicted octanol–water partition coefficient (Wildman–Crippen LogP) is 3.49. The summed E-state index contributed by atoms with van der Waals surface area (Å²) < 4.78 is 6.95. The van der Waals surface area contributed by atoms with Crippen LogP contribution in [0.25, 0.3) is 17.1 Å². The topological polar surface area (TPSA) is 70.7 Å². The third-order valence-electron chi connectivity index (χ3n) is 4.66. The van der Waals surface area contributed by atoms with Gasteiger partial charge in [0.1, 0.15) is 10.8 Å². The molecule has 0 aliphatic heterocycles. The lowest BCUT2D eigenvalue weighted by Crippen LogP contribution is -2.04. The molecule has 2 aromatic carbocycles. The van der Waals surface area contributed by atoms with Gasteiger partial charge in [-0.25, -0.2) is 4.68 Å². The molecule has 0 fully saturated rings. The molecule has 0 bridgehead atoms. The molecule has 0 spiro atoms. The zero-order chi connectivity index (χ0) is 19.7. The van der Waals surface area contributed by atoms with Crippen molar-refractivity contribution in [2.75, 3.05) is 7.11 Å². The van der Waals surface area contributed by atoms with Crippen LogP contribution in [0, 0.1) is 13.8 Å². The minimum absolute atomic E-state index is 0.494. The molecule has 8 heteroatoms. The van der Waals surface area contributed by atoms with Gasteiger partial charge >= 0.3 is 0 Å². The number of thiol groups is 1. The van der Waals surface area contributed by atoms with Gasteiger partial charge in [-0.05, 0) is 60.0 Å². The summed E-state index contributed by atoms with van der Waals surface area (Å²) in [5, 5.41) is 17.9. The van der Waals surface area contributed by atoms with E-state index < -0.39 is 0 Å². The molecule has 0 N–H and O–H groups in total. The van der Waals surface area contributed by atoms with Crippen molar-refractivity contribution in [2.24, 2.45) is 0 Å². The van der Waals surface area contributed by atoms with Gasteiger partial charge in [0.05, 0.1) is 31.1 Å². The monoisotopic (exact) mass is 392 g/mol. The summed E-state index contributed by atoms with van der Waals surface area (Å²) in [7, 11) is 1.65. The average molecular weight is 392 g/mol. The number of methoxy groups -OCH3 is 1. The first-order valence-electron chi connectivity index (χ1n) is 8.81. The molecule has 0 saturated heterocycles. The van der Waals surface area contributed by atoms with Crippen molar-refractivity contribution in [1.29, 1.82) is 0 Å². The van der Waals surface area contributed by atoms with E-state index in [9.17, 15) is 0 Å². The Hall–Kier alpha value is -3.13. The Morgan fingerprint density at radius 1 is 1.04 bits per heavy atom. The fraction of sp³-hybridized carbons (Fsp3) is 0.200. The summed E-state index contributed by atoms with van der Waals surface area (Å²) >= 11 is 4.65. The lowest BCUT2D eigenvalue weighted by atomic mass is 10.1. The third kappa shape index (κ3) is 3.50. The molecule has 7 nitrogen and oxygen atoms in total. The standard InChI is InChI=1S/C20H20N6OS/c1-13-4-7-16(10-14(13)2)26-20(28)18(11-21-26)19-22-24-25(23-19)12-15-5-8-17(27-3)9-6-15/h4-11,28H,12H2,1-3H3. The average Bonchev–Trinajstić information content (AvgIpc) is 3.31. The molecule has 0 aliphatic rings. The van der Waals surface area contributed by atoms with Gasteiger partial charge in [0, 0.05) is 0 Å². The Bertz CT molecular complexity index is 1120. The van der Waals surface area contributed by atoms with Gasteiger partial charge in [0.15, 0.2) is 0 Å². The number of ether oxygens (including phenoxy) is 1. The molecule has 0 saturated carbocycles. The Kier molecular flexibility index (Phi) is 4.87. The van der Waals surface area contributed by atoms with E-state index in [1.54, 1.807) is 22.8 Å². The van der Waals surface area contributed by atoms with Crippen LogP contribution in [0.5, 0.6) is 5.75 Å². The van der Waals surface area contributed by atoms with Crippen LogP contribution in [0.3, 0.4) is 0 Å². The summed E-state index contributed by atoms with van der Waals surface area (Å²) in [6, 6.07) is 13.9. The molecule has 142 valence electrons. The van der Waals surface area contributed by atoms with Crippen LogP contribution in [0.1, 0.15) is 16.7 Å². The van der Waals surface area contributed by atoms with Crippen molar-refractivity contribution in [1.82, 2.24) is 30.0 Å². The Labute approximate surface area is 168 Å². The second kappa shape index (κ2) is 7.47. The zero-order valence-corrected chi connectivity index (χ0v) is 16.8. The minimum atomic E-state index is 0.494. The van der Waals surface area contributed by atoms with E-state index in [0.29, 0.717) is 17.4 Å². The molecule has 2 heterocycles. The quantitative estimate of drug-likeness (QED) is 0.527. The van der Waals surface area contributed by atoms with Gasteiger partial charge in [0.2, 0.25) is 5.82 Å². The third-order valence-corrected chi connectivity index (χ3v) is 5.09. The highest BCUT2D eigenvalue weighted by molar-refractivity contribution is 7.80. The molecule has 0 aliphatic carbocycles. The van der Waals surface area contributed by atoms with Crippen molar-refractivity contribution in [3.05, 3.63) is 65.4 Å². The molecule has 2 aromatic heterocycles. The van der Waals surface area contributed by atoms with Gasteiger partial charge in [-0.15, -0.1) is 22.8 Å². The van der Waals surface area contributed by atoms with Crippen molar-refractivity contribution < 1.29 is 4.74 Å². The van der Waals surface area contributed by atoms with E-state index in [-0.39, 0.29) is 0 Å². The molecule has 4 aromatic rings. The summed E-state index contributed by atoms with van der Waals surface area (Å²) in [4.78, 5) is 1.55. The van der Waals surface area contributed by atoms with E-state index in [0.717, 1.165) is 22.6 Å². The number of hydrogen-bond acceptors (Lipinski definition) is 6. The van der Waals surface area contributed by atoms with Crippen LogP contribution in [-0.4, -0.2) is 37.1 Å². The summed E-state index contributed by atoms with van der Waals surface area (Å²) in [5.41, 5.74) is 5.18. The summed E-state index contributed by atoms with van der Waals surface area (Å²) in [5.74, 6) is 1.31. The van der Waals surface area contributed by atoms with E-state index >= 15 is 0 Å². The fourth-order valence-corrected chi connectivity index (χ4v) is 3.18. The normalized spacial score (nSPS) is 11.0. The fourth-order valence-electron chi connectivity index (χ4n) is 2.86. The van der Waals surface area contributed by atoms with Crippen LogP contribution in [0.2, 0.25) is 0 Å². The van der Waals surface area contributed by atoms with E-state index in [2.05, 4.69) is 59.1 Å². The number of hydrogen-bond donors (Lipinski definition) is 1. The van der Waals surface area contributed by atoms with Crippen LogP contribution in [0.15, 0.2) is 53.7 Å². The van der Waals surface area contributed by atoms with Gasteiger partial charge in [-0.2, -0.15) is 9.90 Å². The van der Waals surface area contributed by atoms with E-state index in [4.69, 9.17) is 4.74 Å². The minimum Gasteiger partial charge on any atom is -0.497 e. The molecule has 0 unspecified atom stereocenters. The molecule has 4 rings (SSSR count). The summed E-state index contributed by atoms with van der Waals surface area (Å²) in [6.07, 6.45) is 1.71. The maximum atomic E-state index is 5.18. The van der Waals surface area contributed by atoms with E-state index in [1.807, 2.05) is 30.3 Å². The lowest BCUT2D eigenvalue weighted by Gasteiger charge is -2.07. The number of rotatable bonds is 5. The first-order valence-corrected chi connectivity index (χ1v) is 9.25. The smallest absolute Gasteiger partial charge is 0.209 e. The van der Waals surface area contributed by atoms with Crippen molar-refractivity contribution in [3.63, 3.8) is 0 Å². The van der Waals surface area contributed by atoms with Crippen molar-refractivity contribution in [3.8, 4) is 22.8 Å². The molecule has 0 radical (unpaired) electrons. The number of aryl methyl sites for hydroxylation is 2. The van der Waals surface area contributed by atoms with Gasteiger partial charge < -0.3 is 4.74 Å². The van der Waals surface area contributed by atoms with Crippen molar-refractivity contribution >= 4 is 12.6 Å². The van der Waals surface area contributed by atoms with Crippen molar-refractivity contribution in [2.45, 2.75) is 25.4 Å². The molecule has 28 heavy (non-hydrogen) atoms. The first-order chi connectivity index (χ1) is 13.5. The van der Waals surface area contributed by atoms with Crippen LogP contribution in [-0.2, 0) is 6.54 Å². The lowest BCUT2D eigenvalue weighted by molar-refractivity contribution is 0.414. The van der Waals surface area contributed by atoms with Gasteiger partial charge in [0.25, 0.3) is 0 Å². The van der Waals surface area contributed by atoms with Crippen LogP contribution < -0.4 is 4.74 Å². The van der Waals surface area contributed by atoms with Crippen LogP contribution >= 0.6 is 12.6 Å². The number of aromatic nitrogens is 6.